The molecule has 2 amide bonds. The second-order valence-corrected chi connectivity index (χ2v) is 13.2. The summed E-state index contributed by atoms with van der Waals surface area (Å²) in [5.74, 6) is -1.68. The van der Waals surface area contributed by atoms with Crippen molar-refractivity contribution in [3.63, 3.8) is 0 Å². The van der Waals surface area contributed by atoms with Crippen LogP contribution < -0.4 is 9.62 Å². The number of aryl methyl sites for hydroxylation is 1. The van der Waals surface area contributed by atoms with Crippen LogP contribution in [0.25, 0.3) is 0 Å². The normalized spacial score (nSPS) is 12.6. The van der Waals surface area contributed by atoms with Crippen LogP contribution in [0, 0.1) is 12.7 Å². The smallest absolute Gasteiger partial charge is 0.264 e. The summed E-state index contributed by atoms with van der Waals surface area (Å²) in [4.78, 5) is 29.5. The summed E-state index contributed by atoms with van der Waals surface area (Å²) in [5.41, 5.74) is 1.93. The van der Waals surface area contributed by atoms with Crippen molar-refractivity contribution < 1.29 is 22.4 Å². The van der Waals surface area contributed by atoms with Crippen LogP contribution in [0.1, 0.15) is 37.0 Å². The van der Waals surface area contributed by atoms with Crippen molar-refractivity contribution in [2.45, 2.75) is 57.1 Å². The first-order valence-electron chi connectivity index (χ1n) is 14.7. The highest BCUT2D eigenvalue weighted by Crippen LogP contribution is 2.31. The molecule has 0 aliphatic carbocycles. The Hall–Kier alpha value is -4.21. The second kappa shape index (κ2) is 15.2. The SMILES string of the molecule is CC[C@@H](C)NC(=O)[C@H](Cc1ccccc1)N(Cc1ccccc1F)C(=O)CN(c1ccccc1Cl)S(=O)(=O)c1ccc(C)cc1. The van der Waals surface area contributed by atoms with Gasteiger partial charge < -0.3 is 10.2 Å². The highest BCUT2D eigenvalue weighted by atomic mass is 35.5. The minimum absolute atomic E-state index is 0.0307. The van der Waals surface area contributed by atoms with Crippen LogP contribution >= 0.6 is 11.6 Å². The van der Waals surface area contributed by atoms with Gasteiger partial charge in [0, 0.05) is 24.6 Å². The van der Waals surface area contributed by atoms with Crippen molar-refractivity contribution in [1.29, 1.82) is 0 Å². The van der Waals surface area contributed by atoms with E-state index in [1.54, 1.807) is 30.3 Å². The molecule has 0 radical (unpaired) electrons. The molecule has 0 heterocycles. The number of benzene rings is 4. The van der Waals surface area contributed by atoms with E-state index in [4.69, 9.17) is 11.6 Å². The maximum Gasteiger partial charge on any atom is 0.264 e. The third kappa shape index (κ3) is 8.49. The zero-order chi connectivity index (χ0) is 32.6. The Bertz CT molecular complexity index is 1720. The first-order chi connectivity index (χ1) is 21.5. The van der Waals surface area contributed by atoms with E-state index >= 15 is 4.39 Å². The Kier molecular flexibility index (Phi) is 11.4. The number of halogens is 2. The topological polar surface area (TPSA) is 86.8 Å². The van der Waals surface area contributed by atoms with Gasteiger partial charge >= 0.3 is 0 Å². The van der Waals surface area contributed by atoms with Gasteiger partial charge in [0.1, 0.15) is 18.4 Å². The minimum Gasteiger partial charge on any atom is -0.352 e. The van der Waals surface area contributed by atoms with Crippen LogP contribution in [-0.2, 0) is 32.6 Å². The van der Waals surface area contributed by atoms with Gasteiger partial charge in [-0.2, -0.15) is 0 Å². The Morgan fingerprint density at radius 1 is 0.889 bits per heavy atom. The molecule has 45 heavy (non-hydrogen) atoms. The highest BCUT2D eigenvalue weighted by Gasteiger charge is 2.35. The van der Waals surface area contributed by atoms with E-state index in [2.05, 4.69) is 5.32 Å². The number of para-hydroxylation sites is 1. The van der Waals surface area contributed by atoms with Crippen molar-refractivity contribution in [1.82, 2.24) is 10.2 Å². The Morgan fingerprint density at radius 2 is 1.51 bits per heavy atom. The largest absolute Gasteiger partial charge is 0.352 e. The number of rotatable bonds is 13. The van der Waals surface area contributed by atoms with Gasteiger partial charge in [-0.25, -0.2) is 12.8 Å². The number of hydrogen-bond acceptors (Lipinski definition) is 4. The molecule has 0 aliphatic heterocycles. The fraction of sp³-hybridized carbons (Fsp3) is 0.257. The average molecular weight is 650 g/mol. The molecule has 0 bridgehead atoms. The molecule has 0 fully saturated rings. The Morgan fingerprint density at radius 3 is 2.16 bits per heavy atom. The summed E-state index contributed by atoms with van der Waals surface area (Å²) in [7, 11) is -4.30. The fourth-order valence-electron chi connectivity index (χ4n) is 4.81. The van der Waals surface area contributed by atoms with E-state index in [0.717, 1.165) is 15.4 Å². The van der Waals surface area contributed by atoms with Crippen LogP contribution in [0.2, 0.25) is 5.02 Å². The zero-order valence-electron chi connectivity index (χ0n) is 25.5. The number of anilines is 1. The van der Waals surface area contributed by atoms with E-state index in [9.17, 15) is 18.0 Å². The number of amides is 2. The molecule has 0 spiro atoms. The second-order valence-electron chi connectivity index (χ2n) is 10.9. The third-order valence-electron chi connectivity index (χ3n) is 7.58. The lowest BCUT2D eigenvalue weighted by molar-refractivity contribution is -0.140. The van der Waals surface area contributed by atoms with E-state index in [0.29, 0.717) is 6.42 Å². The molecule has 2 atom stereocenters. The standard InChI is InChI=1S/C35H37ClFN3O4S/c1-4-26(3)38-35(42)33(22-27-12-6-5-7-13-27)39(23-28-14-8-10-16-31(28)37)34(41)24-40(32-17-11-9-15-30(32)36)45(43,44)29-20-18-25(2)19-21-29/h5-21,26,33H,4,22-24H2,1-3H3,(H,38,42)/t26-,33+/m1/s1. The molecule has 0 saturated heterocycles. The number of carbonyl (C=O) groups is 2. The van der Waals surface area contributed by atoms with E-state index in [-0.39, 0.29) is 40.2 Å². The third-order valence-corrected chi connectivity index (χ3v) is 9.67. The van der Waals surface area contributed by atoms with E-state index in [1.165, 1.54) is 47.4 Å². The van der Waals surface area contributed by atoms with Crippen molar-refractivity contribution in [3.8, 4) is 0 Å². The number of sulfonamides is 1. The maximum absolute atomic E-state index is 15.0. The molecule has 4 aromatic rings. The summed E-state index contributed by atoms with van der Waals surface area (Å²) < 4.78 is 44.2. The lowest BCUT2D eigenvalue weighted by Crippen LogP contribution is -2.54. The van der Waals surface area contributed by atoms with Crippen molar-refractivity contribution in [2.75, 3.05) is 10.8 Å². The number of carbonyl (C=O) groups excluding carboxylic acids is 2. The average Bonchev–Trinajstić information content (AvgIpc) is 3.03. The van der Waals surface area contributed by atoms with E-state index in [1.807, 2.05) is 51.1 Å². The maximum atomic E-state index is 15.0. The first kappa shape index (κ1) is 33.7. The minimum atomic E-state index is -4.30. The lowest BCUT2D eigenvalue weighted by Gasteiger charge is -2.34. The van der Waals surface area contributed by atoms with Crippen LogP contribution in [0.15, 0.2) is 108 Å². The molecule has 0 unspecified atom stereocenters. The Balaban J connectivity index is 1.83. The summed E-state index contributed by atoms with van der Waals surface area (Å²) >= 11 is 6.50. The monoisotopic (exact) mass is 649 g/mol. The van der Waals surface area contributed by atoms with Crippen molar-refractivity contribution >= 4 is 39.1 Å². The van der Waals surface area contributed by atoms with Gasteiger partial charge in [0.05, 0.1) is 15.6 Å². The van der Waals surface area contributed by atoms with Crippen LogP contribution in [0.4, 0.5) is 10.1 Å². The predicted molar refractivity (Wildman–Crippen MR) is 176 cm³/mol. The van der Waals surface area contributed by atoms with Gasteiger partial charge in [0.25, 0.3) is 10.0 Å². The first-order valence-corrected chi connectivity index (χ1v) is 16.5. The molecule has 0 aromatic heterocycles. The van der Waals surface area contributed by atoms with Crippen molar-refractivity contribution in [2.24, 2.45) is 0 Å². The molecule has 0 saturated carbocycles. The molecule has 4 aromatic carbocycles. The number of hydrogen-bond donors (Lipinski definition) is 1. The molecule has 4 rings (SSSR count). The van der Waals surface area contributed by atoms with E-state index < -0.39 is 40.2 Å². The number of nitrogens with one attached hydrogen (secondary N) is 1. The van der Waals surface area contributed by atoms with Crippen LogP contribution in [0.3, 0.4) is 0 Å². The van der Waals surface area contributed by atoms with Gasteiger partial charge in [-0.05, 0) is 56.2 Å². The Labute approximate surface area is 269 Å². The summed E-state index contributed by atoms with van der Waals surface area (Å²) in [6.45, 7) is 4.67. The molecular formula is C35H37ClFN3O4S. The number of nitrogens with zero attached hydrogens (tertiary/aromatic N) is 2. The van der Waals surface area contributed by atoms with Crippen LogP contribution in [0.5, 0.6) is 0 Å². The quantitative estimate of drug-likeness (QED) is 0.178. The summed E-state index contributed by atoms with van der Waals surface area (Å²) in [6.07, 6.45) is 0.778. The summed E-state index contributed by atoms with van der Waals surface area (Å²) in [6, 6.07) is 26.5. The molecule has 10 heteroatoms. The van der Waals surface area contributed by atoms with Gasteiger partial charge in [-0.15, -0.1) is 0 Å². The molecule has 236 valence electrons. The lowest BCUT2D eigenvalue weighted by atomic mass is 10.0. The van der Waals surface area contributed by atoms with Crippen LogP contribution in [-0.4, -0.2) is 43.8 Å². The van der Waals surface area contributed by atoms with Gasteiger partial charge in [0.2, 0.25) is 11.8 Å². The fourth-order valence-corrected chi connectivity index (χ4v) is 6.53. The summed E-state index contributed by atoms with van der Waals surface area (Å²) in [5, 5.41) is 3.08. The molecular weight excluding hydrogens is 613 g/mol. The molecule has 7 nitrogen and oxygen atoms in total. The highest BCUT2D eigenvalue weighted by molar-refractivity contribution is 7.92. The predicted octanol–water partition coefficient (Wildman–Crippen LogP) is 6.54. The van der Waals surface area contributed by atoms with Crippen molar-refractivity contribution in [3.05, 3.63) is 131 Å². The molecule has 1 N–H and O–H groups in total. The van der Waals surface area contributed by atoms with Gasteiger partial charge in [0.15, 0.2) is 0 Å². The molecule has 0 aliphatic rings. The van der Waals surface area contributed by atoms with Gasteiger partial charge in [-0.1, -0.05) is 96.9 Å². The van der Waals surface area contributed by atoms with Gasteiger partial charge in [-0.3, -0.25) is 13.9 Å². The zero-order valence-corrected chi connectivity index (χ0v) is 27.1.